The minimum absolute atomic E-state index is 0. The Kier molecular flexibility index (Phi) is 9.32. The first-order valence-electron chi connectivity index (χ1n) is 8.05. The number of hydrogen-bond donors (Lipinski definition) is 2. The number of nitrogens with zero attached hydrogens (tertiary/aromatic N) is 1. The summed E-state index contributed by atoms with van der Waals surface area (Å²) < 4.78 is 32.1. The van der Waals surface area contributed by atoms with E-state index >= 15 is 0 Å². The highest BCUT2D eigenvalue weighted by Crippen LogP contribution is 2.19. The van der Waals surface area contributed by atoms with Crippen LogP contribution in [0.25, 0.3) is 0 Å². The number of ether oxygens (including phenoxy) is 1. The third kappa shape index (κ3) is 6.44. The third-order valence-corrected chi connectivity index (χ3v) is 3.86. The summed E-state index contributed by atoms with van der Waals surface area (Å²) >= 11 is 0. The third-order valence-electron chi connectivity index (χ3n) is 3.86. The van der Waals surface area contributed by atoms with Crippen LogP contribution in [0.15, 0.2) is 41.4 Å². The lowest BCUT2D eigenvalue weighted by molar-refractivity contribution is 0.411. The van der Waals surface area contributed by atoms with E-state index in [9.17, 15) is 8.78 Å². The molecule has 0 spiro atoms. The van der Waals surface area contributed by atoms with Gasteiger partial charge in [-0.15, -0.1) is 24.0 Å². The Labute approximate surface area is 170 Å². The molecule has 0 aromatic heterocycles. The zero-order valence-electron chi connectivity index (χ0n) is 15.1. The molecular weight excluding hydrogens is 451 g/mol. The fourth-order valence-electron chi connectivity index (χ4n) is 2.42. The topological polar surface area (TPSA) is 45.7 Å². The van der Waals surface area contributed by atoms with Crippen LogP contribution in [0.3, 0.4) is 0 Å². The summed E-state index contributed by atoms with van der Waals surface area (Å²) in [5, 5.41) is 6.14. The Morgan fingerprint density at radius 3 is 2.58 bits per heavy atom. The van der Waals surface area contributed by atoms with Gasteiger partial charge in [0.2, 0.25) is 0 Å². The molecule has 0 aliphatic rings. The lowest BCUT2D eigenvalue weighted by atomic mass is 10.1. The predicted octanol–water partition coefficient (Wildman–Crippen LogP) is 3.81. The predicted molar refractivity (Wildman–Crippen MR) is 111 cm³/mol. The molecule has 0 fully saturated rings. The highest BCUT2D eigenvalue weighted by atomic mass is 127. The van der Waals surface area contributed by atoms with Gasteiger partial charge in [0, 0.05) is 25.7 Å². The molecule has 0 saturated carbocycles. The number of halogens is 3. The van der Waals surface area contributed by atoms with Crippen LogP contribution in [-0.2, 0) is 13.0 Å². The van der Waals surface area contributed by atoms with E-state index in [1.54, 1.807) is 14.2 Å². The molecular formula is C19H24F2IN3O. The Bertz CT molecular complexity index is 754. The van der Waals surface area contributed by atoms with Gasteiger partial charge in [-0.25, -0.2) is 8.78 Å². The summed E-state index contributed by atoms with van der Waals surface area (Å²) in [6.45, 7) is 2.80. The maximum atomic E-state index is 13.6. The van der Waals surface area contributed by atoms with E-state index in [0.717, 1.165) is 35.4 Å². The Morgan fingerprint density at radius 2 is 1.88 bits per heavy atom. The fourth-order valence-corrected chi connectivity index (χ4v) is 2.42. The van der Waals surface area contributed by atoms with Crippen LogP contribution < -0.4 is 15.4 Å². The lowest BCUT2D eigenvalue weighted by Crippen LogP contribution is -2.38. The van der Waals surface area contributed by atoms with Crippen molar-refractivity contribution >= 4 is 29.9 Å². The number of methoxy groups -OCH3 is 1. The van der Waals surface area contributed by atoms with E-state index in [-0.39, 0.29) is 36.1 Å². The van der Waals surface area contributed by atoms with Crippen LogP contribution in [0.2, 0.25) is 0 Å². The number of aliphatic imine (C=N–C) groups is 1. The van der Waals surface area contributed by atoms with Crippen molar-refractivity contribution in [3.05, 3.63) is 64.7 Å². The van der Waals surface area contributed by atoms with Gasteiger partial charge in [-0.1, -0.05) is 12.1 Å². The molecule has 0 aliphatic heterocycles. The molecule has 2 aromatic carbocycles. The number of rotatable bonds is 6. The monoisotopic (exact) mass is 475 g/mol. The molecule has 0 radical (unpaired) electrons. The van der Waals surface area contributed by atoms with Crippen molar-refractivity contribution in [3.8, 4) is 5.75 Å². The molecule has 0 amide bonds. The van der Waals surface area contributed by atoms with Crippen LogP contribution >= 0.6 is 24.0 Å². The minimum atomic E-state index is -0.463. The van der Waals surface area contributed by atoms with Crippen molar-refractivity contribution in [2.45, 2.75) is 19.9 Å². The van der Waals surface area contributed by atoms with Gasteiger partial charge in [0.15, 0.2) is 5.96 Å². The second kappa shape index (κ2) is 10.9. The largest absolute Gasteiger partial charge is 0.496 e. The number of guanidine groups is 1. The normalized spacial score (nSPS) is 10.9. The average molecular weight is 475 g/mol. The van der Waals surface area contributed by atoms with Crippen LogP contribution in [0.5, 0.6) is 5.75 Å². The van der Waals surface area contributed by atoms with Gasteiger partial charge in [-0.05, 0) is 48.7 Å². The minimum Gasteiger partial charge on any atom is -0.496 e. The summed E-state index contributed by atoms with van der Waals surface area (Å²) in [7, 11) is 3.29. The number of nitrogens with one attached hydrogen (secondary N) is 2. The van der Waals surface area contributed by atoms with Gasteiger partial charge in [-0.3, -0.25) is 4.99 Å². The average Bonchev–Trinajstić information content (AvgIpc) is 2.61. The molecule has 7 heteroatoms. The maximum Gasteiger partial charge on any atom is 0.191 e. The quantitative estimate of drug-likeness (QED) is 0.380. The van der Waals surface area contributed by atoms with Crippen molar-refractivity contribution < 1.29 is 13.5 Å². The number of hydrogen-bond acceptors (Lipinski definition) is 2. The smallest absolute Gasteiger partial charge is 0.191 e. The van der Waals surface area contributed by atoms with E-state index in [2.05, 4.69) is 21.7 Å². The lowest BCUT2D eigenvalue weighted by Gasteiger charge is -2.13. The van der Waals surface area contributed by atoms with Crippen LogP contribution in [0.4, 0.5) is 8.78 Å². The zero-order chi connectivity index (χ0) is 18.2. The van der Waals surface area contributed by atoms with Crippen molar-refractivity contribution in [2.75, 3.05) is 20.7 Å². The van der Waals surface area contributed by atoms with Crippen molar-refractivity contribution in [3.63, 3.8) is 0 Å². The molecule has 26 heavy (non-hydrogen) atoms. The standard InChI is InChI=1S/C19H23F2N3O.HI/c1-13-4-5-14(10-18(13)25-3)8-9-23-19(22-2)24-12-15-11-16(20)6-7-17(15)21;/h4-7,10-11H,8-9,12H2,1-3H3,(H2,22,23,24);1H. The molecule has 0 unspecified atom stereocenters. The van der Waals surface area contributed by atoms with E-state index < -0.39 is 11.6 Å². The van der Waals surface area contributed by atoms with E-state index in [4.69, 9.17) is 4.74 Å². The number of aryl methyl sites for hydroxylation is 1. The van der Waals surface area contributed by atoms with Gasteiger partial charge in [0.25, 0.3) is 0 Å². The van der Waals surface area contributed by atoms with Crippen molar-refractivity contribution in [1.29, 1.82) is 0 Å². The molecule has 2 N–H and O–H groups in total. The first-order valence-corrected chi connectivity index (χ1v) is 8.05. The zero-order valence-corrected chi connectivity index (χ0v) is 17.4. The summed E-state index contributed by atoms with van der Waals surface area (Å²) in [6, 6.07) is 9.48. The molecule has 2 rings (SSSR count). The second-order valence-corrected chi connectivity index (χ2v) is 5.64. The molecule has 0 aliphatic carbocycles. The summed E-state index contributed by atoms with van der Waals surface area (Å²) in [4.78, 5) is 4.09. The molecule has 4 nitrogen and oxygen atoms in total. The summed E-state index contributed by atoms with van der Waals surface area (Å²) in [5.74, 6) is 0.481. The van der Waals surface area contributed by atoms with Crippen LogP contribution in [-0.4, -0.2) is 26.7 Å². The van der Waals surface area contributed by atoms with Crippen molar-refractivity contribution in [1.82, 2.24) is 10.6 Å². The van der Waals surface area contributed by atoms with E-state index in [0.29, 0.717) is 12.5 Å². The molecule has 0 bridgehead atoms. The molecule has 0 heterocycles. The molecule has 2 aromatic rings. The van der Waals surface area contributed by atoms with Crippen molar-refractivity contribution in [2.24, 2.45) is 4.99 Å². The Balaban J connectivity index is 0.00000338. The number of benzene rings is 2. The first-order chi connectivity index (χ1) is 12.0. The Hall–Kier alpha value is -1.90. The van der Waals surface area contributed by atoms with Gasteiger partial charge < -0.3 is 15.4 Å². The molecule has 0 atom stereocenters. The molecule has 0 saturated heterocycles. The van der Waals surface area contributed by atoms with Crippen LogP contribution in [0, 0.1) is 18.6 Å². The van der Waals surface area contributed by atoms with Gasteiger partial charge >= 0.3 is 0 Å². The molecule has 142 valence electrons. The van der Waals surface area contributed by atoms with E-state index in [1.165, 1.54) is 6.07 Å². The van der Waals surface area contributed by atoms with Crippen LogP contribution in [0.1, 0.15) is 16.7 Å². The Morgan fingerprint density at radius 1 is 1.12 bits per heavy atom. The summed E-state index contributed by atoms with van der Waals surface area (Å²) in [5.41, 5.74) is 2.49. The highest BCUT2D eigenvalue weighted by molar-refractivity contribution is 14.0. The fraction of sp³-hybridized carbons (Fsp3) is 0.316. The van der Waals surface area contributed by atoms with Gasteiger partial charge in [0.05, 0.1) is 7.11 Å². The van der Waals surface area contributed by atoms with Gasteiger partial charge in [0.1, 0.15) is 17.4 Å². The highest BCUT2D eigenvalue weighted by Gasteiger charge is 2.06. The SMILES string of the molecule is CN=C(NCCc1ccc(C)c(OC)c1)NCc1cc(F)ccc1F.I. The second-order valence-electron chi connectivity index (χ2n) is 5.64. The van der Waals surface area contributed by atoms with Gasteiger partial charge in [-0.2, -0.15) is 0 Å². The summed E-state index contributed by atoms with van der Waals surface area (Å²) in [6.07, 6.45) is 0.783. The van der Waals surface area contributed by atoms with E-state index in [1.807, 2.05) is 19.1 Å². The first kappa shape index (κ1) is 22.1. The maximum absolute atomic E-state index is 13.6.